The highest BCUT2D eigenvalue weighted by Crippen LogP contribution is 2.03. The van der Waals surface area contributed by atoms with E-state index in [4.69, 9.17) is 5.41 Å². The third kappa shape index (κ3) is 2.52. The molecule has 0 atom stereocenters. The molecule has 4 heteroatoms. The number of amides is 1. The van der Waals surface area contributed by atoms with Crippen molar-refractivity contribution in [3.63, 3.8) is 0 Å². The molecule has 0 heterocycles. The Morgan fingerprint density at radius 1 is 1.23 bits per heavy atom. The minimum absolute atomic E-state index is 0.484. The molecular weight excluding hydrogens is 168 g/mol. The smallest absolute Gasteiger partial charge is 0.297 e. The van der Waals surface area contributed by atoms with Crippen LogP contribution in [0.5, 0.6) is 0 Å². The average molecular weight is 176 g/mol. The van der Waals surface area contributed by atoms with Crippen LogP contribution in [0.3, 0.4) is 0 Å². The molecule has 13 heavy (non-hydrogen) atoms. The van der Waals surface area contributed by atoms with Crippen LogP contribution in [0.2, 0.25) is 0 Å². The van der Waals surface area contributed by atoms with E-state index in [0.29, 0.717) is 11.9 Å². The Labute approximate surface area is 75.1 Å². The highest BCUT2D eigenvalue weighted by atomic mass is 16.2. The van der Waals surface area contributed by atoms with Crippen molar-refractivity contribution in [2.45, 2.75) is 0 Å². The second-order valence-electron chi connectivity index (χ2n) is 2.33. The van der Waals surface area contributed by atoms with Gasteiger partial charge in [0.1, 0.15) is 0 Å². The van der Waals surface area contributed by atoms with Crippen molar-refractivity contribution >= 4 is 23.6 Å². The molecule has 0 aliphatic carbocycles. The first-order valence-corrected chi connectivity index (χ1v) is 3.65. The van der Waals surface area contributed by atoms with E-state index in [-0.39, 0.29) is 0 Å². The van der Waals surface area contributed by atoms with Gasteiger partial charge in [0.15, 0.2) is 0 Å². The lowest BCUT2D eigenvalue weighted by molar-refractivity contribution is -0.130. The van der Waals surface area contributed by atoms with Gasteiger partial charge < -0.3 is 10.7 Å². The molecule has 4 nitrogen and oxygen atoms in total. The Morgan fingerprint density at radius 3 is 2.38 bits per heavy atom. The maximum absolute atomic E-state index is 10.9. The van der Waals surface area contributed by atoms with E-state index in [0.717, 1.165) is 0 Å². The zero-order valence-corrected chi connectivity index (χ0v) is 6.78. The van der Waals surface area contributed by atoms with E-state index in [9.17, 15) is 9.59 Å². The van der Waals surface area contributed by atoms with E-state index in [1.165, 1.54) is 0 Å². The predicted octanol–water partition coefficient (Wildman–Crippen LogP) is 0.844. The van der Waals surface area contributed by atoms with Crippen molar-refractivity contribution in [3.05, 3.63) is 30.3 Å². The fourth-order valence-electron chi connectivity index (χ4n) is 0.780. The molecule has 1 aromatic carbocycles. The van der Waals surface area contributed by atoms with E-state index in [1.54, 1.807) is 30.3 Å². The molecule has 0 aromatic heterocycles. The van der Waals surface area contributed by atoms with Crippen LogP contribution >= 0.6 is 0 Å². The maximum Gasteiger partial charge on any atom is 0.297 e. The first kappa shape index (κ1) is 9.12. The van der Waals surface area contributed by atoms with Gasteiger partial charge >= 0.3 is 0 Å². The zero-order chi connectivity index (χ0) is 9.68. The van der Waals surface area contributed by atoms with Crippen LogP contribution in [0.1, 0.15) is 0 Å². The molecule has 0 aliphatic heterocycles. The number of ketones is 1. The Morgan fingerprint density at radius 2 is 1.85 bits per heavy atom. The van der Waals surface area contributed by atoms with Crippen molar-refractivity contribution in [1.29, 1.82) is 5.41 Å². The van der Waals surface area contributed by atoms with Gasteiger partial charge in [-0.3, -0.25) is 9.59 Å². The monoisotopic (exact) mass is 176 g/mol. The summed E-state index contributed by atoms with van der Waals surface area (Å²) in [6.45, 7) is 0. The summed E-state index contributed by atoms with van der Waals surface area (Å²) in [6.07, 6.45) is 0.484. The lowest BCUT2D eigenvalue weighted by Crippen LogP contribution is -2.23. The summed E-state index contributed by atoms with van der Waals surface area (Å²) in [5, 5.41) is 8.92. The second kappa shape index (κ2) is 4.15. The summed E-state index contributed by atoms with van der Waals surface area (Å²) in [7, 11) is 0. The number of hydrogen-bond donors (Lipinski definition) is 2. The van der Waals surface area contributed by atoms with Gasteiger partial charge in [0.05, 0.1) is 6.21 Å². The first-order valence-electron chi connectivity index (χ1n) is 3.65. The van der Waals surface area contributed by atoms with Crippen LogP contribution in [0.4, 0.5) is 5.69 Å². The van der Waals surface area contributed by atoms with E-state index in [1.807, 2.05) is 0 Å². The quantitative estimate of drug-likeness (QED) is 0.529. The highest BCUT2D eigenvalue weighted by molar-refractivity contribution is 6.60. The second-order valence-corrected chi connectivity index (χ2v) is 2.33. The van der Waals surface area contributed by atoms with Crippen molar-refractivity contribution in [3.8, 4) is 0 Å². The zero-order valence-electron chi connectivity index (χ0n) is 6.78. The molecule has 0 bridgehead atoms. The third-order valence-electron chi connectivity index (χ3n) is 1.39. The van der Waals surface area contributed by atoms with Crippen LogP contribution in [-0.4, -0.2) is 17.9 Å². The summed E-state index contributed by atoms with van der Waals surface area (Å²) >= 11 is 0. The molecule has 0 spiro atoms. The normalized spacial score (nSPS) is 8.92. The van der Waals surface area contributed by atoms with Gasteiger partial charge in [-0.1, -0.05) is 18.2 Å². The number of rotatable bonds is 3. The van der Waals surface area contributed by atoms with Crippen molar-refractivity contribution in [1.82, 2.24) is 0 Å². The van der Waals surface area contributed by atoms with Gasteiger partial charge in [-0.15, -0.1) is 0 Å². The molecule has 0 saturated carbocycles. The Hall–Kier alpha value is -1.97. The summed E-state index contributed by atoms with van der Waals surface area (Å²) in [4.78, 5) is 21.6. The minimum atomic E-state index is -0.858. The Kier molecular flexibility index (Phi) is 2.92. The van der Waals surface area contributed by atoms with E-state index >= 15 is 0 Å². The third-order valence-corrected chi connectivity index (χ3v) is 1.39. The number of nitrogens with one attached hydrogen (secondary N) is 2. The van der Waals surface area contributed by atoms with Crippen LogP contribution in [0, 0.1) is 5.41 Å². The average Bonchev–Trinajstić information content (AvgIpc) is 2.18. The number of anilines is 1. The van der Waals surface area contributed by atoms with Gasteiger partial charge in [-0.05, 0) is 12.1 Å². The molecule has 66 valence electrons. The minimum Gasteiger partial charge on any atom is -0.319 e. The number of carbonyl (C=O) groups is 2. The van der Waals surface area contributed by atoms with Crippen molar-refractivity contribution < 1.29 is 9.59 Å². The maximum atomic E-state index is 10.9. The molecule has 1 aromatic rings. The molecular formula is C9H8N2O2. The number of para-hydroxylation sites is 1. The van der Waals surface area contributed by atoms with Crippen molar-refractivity contribution in [2.24, 2.45) is 0 Å². The van der Waals surface area contributed by atoms with Crippen LogP contribution in [-0.2, 0) is 9.59 Å². The summed E-state index contributed by atoms with van der Waals surface area (Å²) < 4.78 is 0. The molecule has 2 N–H and O–H groups in total. The topological polar surface area (TPSA) is 70.0 Å². The molecule has 0 aliphatic rings. The number of benzene rings is 1. The summed E-state index contributed by atoms with van der Waals surface area (Å²) in [5.41, 5.74) is 0.544. The molecule has 0 unspecified atom stereocenters. The number of carbonyl (C=O) groups excluding carboxylic acids is 2. The number of hydrogen-bond acceptors (Lipinski definition) is 3. The first-order chi connectivity index (χ1) is 6.24. The molecule has 1 amide bonds. The largest absolute Gasteiger partial charge is 0.319 e. The highest BCUT2D eigenvalue weighted by Gasteiger charge is 2.09. The summed E-state index contributed by atoms with van der Waals surface area (Å²) in [5.74, 6) is -1.65. The van der Waals surface area contributed by atoms with Gasteiger partial charge in [-0.2, -0.15) is 0 Å². The van der Waals surface area contributed by atoms with Gasteiger partial charge in [-0.25, -0.2) is 0 Å². The summed E-state index contributed by atoms with van der Waals surface area (Å²) in [6, 6.07) is 8.60. The Bertz CT molecular complexity index is 333. The van der Waals surface area contributed by atoms with Crippen molar-refractivity contribution in [2.75, 3.05) is 5.32 Å². The van der Waals surface area contributed by atoms with E-state index < -0.39 is 11.7 Å². The van der Waals surface area contributed by atoms with Gasteiger partial charge in [0, 0.05) is 5.69 Å². The molecule has 0 fully saturated rings. The standard InChI is InChI=1S/C9H8N2O2/c10-6-8(12)9(13)11-7-4-2-1-3-5-7/h1-6,10H,(H,11,13). The molecule has 0 radical (unpaired) electrons. The predicted molar refractivity (Wildman–Crippen MR) is 48.9 cm³/mol. The van der Waals surface area contributed by atoms with Gasteiger partial charge in [0.25, 0.3) is 11.7 Å². The lowest BCUT2D eigenvalue weighted by atomic mass is 10.3. The number of Topliss-reactive ketones (excluding diaryl/α,β-unsaturated/α-hetero) is 1. The fraction of sp³-hybridized carbons (Fsp3) is 0. The van der Waals surface area contributed by atoms with Crippen LogP contribution < -0.4 is 5.32 Å². The molecule has 1 rings (SSSR count). The Balaban J connectivity index is 2.65. The van der Waals surface area contributed by atoms with E-state index in [2.05, 4.69) is 5.32 Å². The molecule has 0 saturated heterocycles. The lowest BCUT2D eigenvalue weighted by Gasteiger charge is -2.00. The van der Waals surface area contributed by atoms with Crippen LogP contribution in [0.25, 0.3) is 0 Å². The fourth-order valence-corrected chi connectivity index (χ4v) is 0.780. The SMILES string of the molecule is N=CC(=O)C(=O)Nc1ccccc1. The van der Waals surface area contributed by atoms with Gasteiger partial charge in [0.2, 0.25) is 0 Å². The van der Waals surface area contributed by atoms with Crippen LogP contribution in [0.15, 0.2) is 30.3 Å².